The number of nitrogens with zero attached hydrogens (tertiary/aromatic N) is 2. The Morgan fingerprint density at radius 1 is 1.09 bits per heavy atom. The maximum atomic E-state index is 14.5. The van der Waals surface area contributed by atoms with Gasteiger partial charge in [0.05, 0.1) is 24.2 Å². The van der Waals surface area contributed by atoms with Crippen LogP contribution in [-0.4, -0.2) is 33.4 Å². The summed E-state index contributed by atoms with van der Waals surface area (Å²) in [4.78, 5) is 4.17. The summed E-state index contributed by atoms with van der Waals surface area (Å²) in [6, 6.07) is 11.0. The molecule has 32 heavy (non-hydrogen) atoms. The summed E-state index contributed by atoms with van der Waals surface area (Å²) in [6.07, 6.45) is 5.76. The number of nitriles is 1. The highest BCUT2D eigenvalue weighted by Gasteiger charge is 2.21. The summed E-state index contributed by atoms with van der Waals surface area (Å²) in [5, 5.41) is 9.32. The van der Waals surface area contributed by atoms with Gasteiger partial charge in [0.25, 0.3) is 0 Å². The molecule has 0 aliphatic heterocycles. The minimum absolute atomic E-state index is 0.0448. The molecule has 0 aliphatic rings. The van der Waals surface area contributed by atoms with Crippen molar-refractivity contribution in [1.29, 1.82) is 5.26 Å². The van der Waals surface area contributed by atoms with E-state index < -0.39 is 15.7 Å². The maximum Gasteiger partial charge on any atom is 0.175 e. The lowest BCUT2D eigenvalue weighted by Gasteiger charge is -2.18. The third-order valence-electron chi connectivity index (χ3n) is 4.88. The van der Waals surface area contributed by atoms with E-state index in [4.69, 9.17) is 9.47 Å². The van der Waals surface area contributed by atoms with Crippen LogP contribution in [0, 0.1) is 17.1 Å². The van der Waals surface area contributed by atoms with Crippen LogP contribution in [0.4, 0.5) is 4.39 Å². The molecule has 0 aliphatic carbocycles. The van der Waals surface area contributed by atoms with Gasteiger partial charge in [0.15, 0.2) is 21.4 Å². The predicted molar refractivity (Wildman–Crippen MR) is 120 cm³/mol. The molecular formula is C24H23FN2O4S. The van der Waals surface area contributed by atoms with E-state index in [9.17, 15) is 18.1 Å². The zero-order valence-corrected chi connectivity index (χ0v) is 18.9. The van der Waals surface area contributed by atoms with Crippen LogP contribution >= 0.6 is 0 Å². The molecular weight excluding hydrogens is 431 g/mol. The normalized spacial score (nSPS) is 11.1. The third kappa shape index (κ3) is 5.06. The molecule has 0 saturated heterocycles. The molecule has 8 heteroatoms. The van der Waals surface area contributed by atoms with Crippen molar-refractivity contribution in [1.82, 2.24) is 4.98 Å². The van der Waals surface area contributed by atoms with Gasteiger partial charge in [0, 0.05) is 29.8 Å². The van der Waals surface area contributed by atoms with Crippen LogP contribution in [0.2, 0.25) is 0 Å². The van der Waals surface area contributed by atoms with E-state index in [2.05, 4.69) is 11.1 Å². The fourth-order valence-corrected chi connectivity index (χ4v) is 3.89. The monoisotopic (exact) mass is 454 g/mol. The number of hydrogen-bond donors (Lipinski definition) is 0. The number of benzene rings is 2. The average molecular weight is 455 g/mol. The van der Waals surface area contributed by atoms with Gasteiger partial charge in [-0.1, -0.05) is 19.4 Å². The summed E-state index contributed by atoms with van der Waals surface area (Å²) >= 11 is 0. The molecule has 3 rings (SSSR count). The summed E-state index contributed by atoms with van der Waals surface area (Å²) in [5.41, 5.74) is 2.30. The number of rotatable bonds is 8. The fourth-order valence-electron chi connectivity index (χ4n) is 3.24. The molecule has 0 amide bonds. The van der Waals surface area contributed by atoms with Gasteiger partial charge < -0.3 is 9.47 Å². The van der Waals surface area contributed by atoms with Gasteiger partial charge in [-0.25, -0.2) is 12.8 Å². The van der Waals surface area contributed by atoms with Crippen LogP contribution in [0.15, 0.2) is 53.7 Å². The van der Waals surface area contributed by atoms with E-state index in [1.54, 1.807) is 18.3 Å². The number of hydrogen-bond acceptors (Lipinski definition) is 6. The van der Waals surface area contributed by atoms with Gasteiger partial charge in [0.2, 0.25) is 0 Å². The second kappa shape index (κ2) is 9.79. The number of ether oxygens (including phenoxy) is 2. The molecule has 0 radical (unpaired) electrons. The lowest BCUT2D eigenvalue weighted by Crippen LogP contribution is -2.04. The van der Waals surface area contributed by atoms with Gasteiger partial charge in [-0.2, -0.15) is 5.26 Å². The Bertz CT molecular complexity index is 1280. The van der Waals surface area contributed by atoms with Crippen LogP contribution < -0.4 is 9.47 Å². The fraction of sp³-hybridized carbons (Fsp3) is 0.250. The Morgan fingerprint density at radius 2 is 1.88 bits per heavy atom. The number of unbranched alkanes of at least 4 members (excludes halogenated alkanes) is 1. The number of pyridine rings is 1. The van der Waals surface area contributed by atoms with E-state index in [0.717, 1.165) is 19.1 Å². The van der Waals surface area contributed by atoms with E-state index in [1.807, 2.05) is 6.92 Å². The molecule has 3 aromatic rings. The first-order valence-electron chi connectivity index (χ1n) is 9.98. The van der Waals surface area contributed by atoms with Crippen molar-refractivity contribution in [3.8, 4) is 39.8 Å². The molecule has 1 heterocycles. The predicted octanol–water partition coefficient (Wildman–Crippen LogP) is 5.02. The van der Waals surface area contributed by atoms with Crippen molar-refractivity contribution in [3.63, 3.8) is 0 Å². The van der Waals surface area contributed by atoms with Crippen molar-refractivity contribution in [2.75, 3.05) is 20.0 Å². The van der Waals surface area contributed by atoms with Gasteiger partial charge in [-0.15, -0.1) is 0 Å². The molecule has 0 atom stereocenters. The second-order valence-corrected chi connectivity index (χ2v) is 9.26. The van der Waals surface area contributed by atoms with Crippen LogP contribution in [0.1, 0.15) is 25.3 Å². The summed E-state index contributed by atoms with van der Waals surface area (Å²) in [5.74, 6) is -0.190. The molecule has 0 N–H and O–H groups in total. The van der Waals surface area contributed by atoms with E-state index in [1.165, 1.54) is 37.6 Å². The zero-order valence-electron chi connectivity index (χ0n) is 18.1. The quantitative estimate of drug-likeness (QED) is 0.444. The minimum atomic E-state index is -3.59. The summed E-state index contributed by atoms with van der Waals surface area (Å²) in [7, 11) is -2.22. The smallest absolute Gasteiger partial charge is 0.175 e. The van der Waals surface area contributed by atoms with Crippen molar-refractivity contribution in [2.45, 2.75) is 24.7 Å². The van der Waals surface area contributed by atoms with E-state index in [-0.39, 0.29) is 10.6 Å². The molecule has 1 aromatic heterocycles. The lowest BCUT2D eigenvalue weighted by molar-refractivity contribution is 0.310. The highest BCUT2D eigenvalue weighted by Crippen LogP contribution is 2.42. The molecule has 0 bridgehead atoms. The van der Waals surface area contributed by atoms with E-state index >= 15 is 0 Å². The lowest BCUT2D eigenvalue weighted by atomic mass is 9.93. The van der Waals surface area contributed by atoms with Crippen LogP contribution in [0.5, 0.6) is 11.5 Å². The first-order valence-corrected chi connectivity index (χ1v) is 11.9. The molecule has 0 spiro atoms. The molecule has 166 valence electrons. The first kappa shape index (κ1) is 23.2. The average Bonchev–Trinajstić information content (AvgIpc) is 2.78. The highest BCUT2D eigenvalue weighted by atomic mass is 32.2. The molecule has 0 unspecified atom stereocenters. The number of aromatic nitrogens is 1. The minimum Gasteiger partial charge on any atom is -0.494 e. The summed E-state index contributed by atoms with van der Waals surface area (Å²) in [6.45, 7) is 2.39. The van der Waals surface area contributed by atoms with Gasteiger partial charge >= 0.3 is 0 Å². The van der Waals surface area contributed by atoms with Crippen LogP contribution in [0.3, 0.4) is 0 Å². The topological polar surface area (TPSA) is 89.3 Å². The number of halogens is 1. The molecule has 0 saturated carbocycles. The largest absolute Gasteiger partial charge is 0.494 e. The Balaban J connectivity index is 2.36. The number of sulfone groups is 1. The Hall–Kier alpha value is -3.44. The Labute approximate surface area is 187 Å². The Kier molecular flexibility index (Phi) is 7.11. The first-order chi connectivity index (χ1) is 15.3. The van der Waals surface area contributed by atoms with Crippen LogP contribution in [-0.2, 0) is 9.84 Å². The van der Waals surface area contributed by atoms with Crippen molar-refractivity contribution in [2.24, 2.45) is 0 Å². The summed E-state index contributed by atoms with van der Waals surface area (Å²) < 4.78 is 50.4. The standard InChI is InChI=1S/C24H23FN2O4S/c1-4-5-8-31-23-12-19(32(3,28)29)11-20(17-6-7-22(30-2)21(25)10-17)24(23)18-9-16(13-26)14-27-15-18/h6-7,9-12,14-15H,4-5,8H2,1-3H3. The highest BCUT2D eigenvalue weighted by molar-refractivity contribution is 7.90. The van der Waals surface area contributed by atoms with Crippen molar-refractivity contribution < 1.29 is 22.3 Å². The third-order valence-corrected chi connectivity index (χ3v) is 5.97. The van der Waals surface area contributed by atoms with E-state index in [0.29, 0.717) is 40.2 Å². The SMILES string of the molecule is CCCCOc1cc(S(C)(=O)=O)cc(-c2ccc(OC)c(F)c2)c1-c1cncc(C#N)c1. The molecule has 2 aromatic carbocycles. The molecule has 6 nitrogen and oxygen atoms in total. The van der Waals surface area contributed by atoms with Crippen molar-refractivity contribution in [3.05, 3.63) is 60.2 Å². The van der Waals surface area contributed by atoms with Crippen LogP contribution in [0.25, 0.3) is 22.3 Å². The van der Waals surface area contributed by atoms with Gasteiger partial charge in [-0.3, -0.25) is 4.98 Å². The van der Waals surface area contributed by atoms with Gasteiger partial charge in [0.1, 0.15) is 11.8 Å². The zero-order chi connectivity index (χ0) is 23.3. The molecule has 0 fully saturated rings. The van der Waals surface area contributed by atoms with Crippen molar-refractivity contribution >= 4 is 9.84 Å². The second-order valence-electron chi connectivity index (χ2n) is 7.24. The number of methoxy groups -OCH3 is 1. The Morgan fingerprint density at radius 3 is 2.50 bits per heavy atom. The maximum absolute atomic E-state index is 14.5. The van der Waals surface area contributed by atoms with Gasteiger partial charge in [-0.05, 0) is 47.9 Å².